The summed E-state index contributed by atoms with van der Waals surface area (Å²) >= 11 is 0. The summed E-state index contributed by atoms with van der Waals surface area (Å²) in [5.74, 6) is -0.414. The molecule has 0 spiro atoms. The van der Waals surface area contributed by atoms with E-state index in [4.69, 9.17) is 11.0 Å². The highest BCUT2D eigenvalue weighted by atomic mass is 32.2. The van der Waals surface area contributed by atoms with Crippen LogP contribution in [0.3, 0.4) is 0 Å². The number of nitriles is 1. The monoisotopic (exact) mass is 250 g/mol. The number of benzene rings is 1. The van der Waals surface area contributed by atoms with Gasteiger partial charge in [-0.25, -0.2) is 8.42 Å². The van der Waals surface area contributed by atoms with Gasteiger partial charge in [0, 0.05) is 12.2 Å². The quantitative estimate of drug-likeness (QED) is 0.838. The third kappa shape index (κ3) is 1.84. The van der Waals surface area contributed by atoms with Crippen LogP contribution in [-0.4, -0.2) is 25.5 Å². The molecule has 0 amide bonds. The summed E-state index contributed by atoms with van der Waals surface area (Å²) in [7, 11) is -3.30. The van der Waals surface area contributed by atoms with Crippen LogP contribution in [0.1, 0.15) is 17.0 Å². The summed E-state index contributed by atoms with van der Waals surface area (Å²) in [4.78, 5) is 0. The van der Waals surface area contributed by atoms with Gasteiger partial charge in [-0.2, -0.15) is 5.26 Å². The van der Waals surface area contributed by atoms with Crippen molar-refractivity contribution in [3.8, 4) is 6.07 Å². The highest BCUT2D eigenvalue weighted by Crippen LogP contribution is 2.53. The Morgan fingerprint density at radius 1 is 1.35 bits per heavy atom. The number of sulfone groups is 1. The zero-order valence-electron chi connectivity index (χ0n) is 9.71. The van der Waals surface area contributed by atoms with Crippen molar-refractivity contribution >= 4 is 9.84 Å². The molecule has 3 atom stereocenters. The van der Waals surface area contributed by atoms with E-state index >= 15 is 0 Å². The van der Waals surface area contributed by atoms with E-state index in [-0.39, 0.29) is 0 Å². The fraction of sp³-hybridized carbons (Fsp3) is 0.417. The van der Waals surface area contributed by atoms with Gasteiger partial charge in [0.25, 0.3) is 0 Å². The molecule has 0 saturated heterocycles. The van der Waals surface area contributed by atoms with E-state index in [1.54, 1.807) is 0 Å². The molecule has 4 nitrogen and oxygen atoms in total. The summed E-state index contributed by atoms with van der Waals surface area (Å²) in [6, 6.07) is 9.40. The number of hydrogen-bond acceptors (Lipinski definition) is 4. The van der Waals surface area contributed by atoms with E-state index < -0.39 is 26.5 Å². The molecule has 2 rings (SSSR count). The Hall–Kier alpha value is -1.38. The fourth-order valence-electron chi connectivity index (χ4n) is 2.33. The van der Waals surface area contributed by atoms with Crippen LogP contribution >= 0.6 is 0 Å². The van der Waals surface area contributed by atoms with Crippen LogP contribution < -0.4 is 5.73 Å². The minimum absolute atomic E-state index is 0.414. The highest BCUT2D eigenvalue weighted by Gasteiger charge is 2.69. The average Bonchev–Trinajstić information content (AvgIpc) is 2.87. The van der Waals surface area contributed by atoms with Crippen LogP contribution in [0.2, 0.25) is 0 Å². The second-order valence-electron chi connectivity index (χ2n) is 4.68. The minimum atomic E-state index is -3.30. The third-order valence-electron chi connectivity index (χ3n) is 3.27. The van der Waals surface area contributed by atoms with Crippen LogP contribution in [0.25, 0.3) is 0 Å². The summed E-state index contributed by atoms with van der Waals surface area (Å²) in [5, 5.41) is 8.26. The first-order valence-corrected chi connectivity index (χ1v) is 7.21. The van der Waals surface area contributed by atoms with Crippen molar-refractivity contribution in [1.82, 2.24) is 0 Å². The van der Waals surface area contributed by atoms with Gasteiger partial charge in [0.15, 0.2) is 9.84 Å². The Morgan fingerprint density at radius 3 is 2.24 bits per heavy atom. The average molecular weight is 250 g/mol. The van der Waals surface area contributed by atoms with Crippen molar-refractivity contribution in [1.29, 1.82) is 5.26 Å². The van der Waals surface area contributed by atoms with Crippen LogP contribution in [0.5, 0.6) is 0 Å². The Bertz CT molecular complexity index is 586. The minimum Gasteiger partial charge on any atom is -0.312 e. The van der Waals surface area contributed by atoms with Crippen molar-refractivity contribution in [2.75, 3.05) is 6.26 Å². The van der Waals surface area contributed by atoms with Crippen molar-refractivity contribution in [2.24, 2.45) is 5.73 Å². The van der Waals surface area contributed by atoms with Gasteiger partial charge in [0.2, 0.25) is 0 Å². The molecule has 1 saturated carbocycles. The molecule has 0 radical (unpaired) electrons. The number of aryl methyl sites for hydroxylation is 1. The zero-order valence-corrected chi connectivity index (χ0v) is 10.5. The van der Waals surface area contributed by atoms with Gasteiger partial charge in [-0.3, -0.25) is 0 Å². The topological polar surface area (TPSA) is 83.9 Å². The van der Waals surface area contributed by atoms with Crippen molar-refractivity contribution in [3.05, 3.63) is 35.4 Å². The van der Waals surface area contributed by atoms with Crippen LogP contribution in [0.4, 0.5) is 0 Å². The Morgan fingerprint density at radius 2 is 1.88 bits per heavy atom. The first-order valence-electron chi connectivity index (χ1n) is 5.26. The molecular formula is C12H14N2O2S. The molecule has 5 heteroatoms. The van der Waals surface area contributed by atoms with E-state index in [1.165, 1.54) is 0 Å². The molecule has 1 aromatic rings. The molecular weight excluding hydrogens is 236 g/mol. The zero-order chi connectivity index (χ0) is 12.8. The lowest BCUT2D eigenvalue weighted by molar-refractivity contribution is 0.597. The first-order chi connectivity index (χ1) is 7.80. The number of rotatable bonds is 2. The number of nitrogens with zero attached hydrogens (tertiary/aromatic N) is 1. The van der Waals surface area contributed by atoms with Crippen LogP contribution in [0.15, 0.2) is 24.3 Å². The van der Waals surface area contributed by atoms with Gasteiger partial charge < -0.3 is 5.73 Å². The lowest BCUT2D eigenvalue weighted by Crippen LogP contribution is -2.28. The molecule has 0 aliphatic heterocycles. The molecule has 0 unspecified atom stereocenters. The van der Waals surface area contributed by atoms with Gasteiger partial charge in [-0.05, 0) is 12.5 Å². The van der Waals surface area contributed by atoms with E-state index in [1.807, 2.05) is 37.3 Å². The molecule has 90 valence electrons. The summed E-state index contributed by atoms with van der Waals surface area (Å²) in [6.45, 7) is 1.95. The SMILES string of the molecule is Cc1ccc([C@@H]2[C@H](S(C)(=O)=O)[C@]2(N)C#N)cc1. The fourth-order valence-corrected chi connectivity index (χ4v) is 4.04. The predicted molar refractivity (Wildman–Crippen MR) is 65.1 cm³/mol. The molecule has 0 aromatic heterocycles. The summed E-state index contributed by atoms with van der Waals surface area (Å²) in [6.07, 6.45) is 1.13. The maximum Gasteiger partial charge on any atom is 0.153 e. The molecule has 2 N–H and O–H groups in total. The first kappa shape index (κ1) is 12.1. The second-order valence-corrected chi connectivity index (χ2v) is 6.85. The highest BCUT2D eigenvalue weighted by molar-refractivity contribution is 7.91. The van der Waals surface area contributed by atoms with Crippen molar-refractivity contribution in [2.45, 2.75) is 23.6 Å². The Kier molecular flexibility index (Phi) is 2.53. The van der Waals surface area contributed by atoms with E-state index in [2.05, 4.69) is 0 Å². The molecule has 0 heterocycles. The van der Waals surface area contributed by atoms with Gasteiger partial charge in [-0.15, -0.1) is 0 Å². The Labute approximate surface area is 101 Å². The predicted octanol–water partition coefficient (Wildman–Crippen LogP) is 0.726. The summed E-state index contributed by atoms with van der Waals surface area (Å²) in [5.41, 5.74) is 6.48. The molecule has 1 aliphatic carbocycles. The molecule has 1 aromatic carbocycles. The summed E-state index contributed by atoms with van der Waals surface area (Å²) < 4.78 is 23.2. The van der Waals surface area contributed by atoms with Gasteiger partial charge in [0.05, 0.1) is 6.07 Å². The van der Waals surface area contributed by atoms with Crippen LogP contribution in [-0.2, 0) is 9.84 Å². The number of hydrogen-bond donors (Lipinski definition) is 1. The van der Waals surface area contributed by atoms with Crippen LogP contribution in [0, 0.1) is 18.3 Å². The second kappa shape index (κ2) is 3.56. The maximum atomic E-state index is 11.6. The molecule has 1 aliphatic rings. The molecule has 1 fully saturated rings. The number of nitrogens with two attached hydrogens (primary N) is 1. The molecule has 0 bridgehead atoms. The lowest BCUT2D eigenvalue weighted by Gasteiger charge is -2.01. The largest absolute Gasteiger partial charge is 0.312 e. The Balaban J connectivity index is 2.42. The van der Waals surface area contributed by atoms with Gasteiger partial charge in [0.1, 0.15) is 10.8 Å². The molecule has 17 heavy (non-hydrogen) atoms. The van der Waals surface area contributed by atoms with E-state index in [0.717, 1.165) is 17.4 Å². The standard InChI is InChI=1S/C12H14N2O2S/c1-8-3-5-9(6-4-8)10-11(17(2,15)16)12(10,14)7-13/h3-6,10-11H,14H2,1-2H3/t10-,11+,12+/m1/s1. The van der Waals surface area contributed by atoms with Crippen molar-refractivity contribution in [3.63, 3.8) is 0 Å². The maximum absolute atomic E-state index is 11.6. The van der Waals surface area contributed by atoms with Gasteiger partial charge >= 0.3 is 0 Å². The van der Waals surface area contributed by atoms with Crippen molar-refractivity contribution < 1.29 is 8.42 Å². The third-order valence-corrected chi connectivity index (χ3v) is 4.86. The van der Waals surface area contributed by atoms with E-state index in [0.29, 0.717) is 0 Å². The lowest BCUT2D eigenvalue weighted by atomic mass is 10.1. The normalized spacial score (nSPS) is 31.9. The van der Waals surface area contributed by atoms with Gasteiger partial charge in [-0.1, -0.05) is 29.8 Å². The smallest absolute Gasteiger partial charge is 0.153 e. The van der Waals surface area contributed by atoms with E-state index in [9.17, 15) is 8.42 Å².